The number of aromatic nitrogens is 4. The quantitative estimate of drug-likeness (QED) is 0.688. The Labute approximate surface area is 118 Å². The standard InChI is InChI=1S/C12H10N4OS2/c1-8-13-10(15-17-8)7-18-12-14-11(16-19-12)9-5-3-2-4-6-9/h2-6H,7H2,1H3. The molecular weight excluding hydrogens is 280 g/mol. The average Bonchev–Trinajstić information content (AvgIpc) is 3.06. The zero-order valence-corrected chi connectivity index (χ0v) is 11.7. The van der Waals surface area contributed by atoms with E-state index in [1.807, 2.05) is 30.3 Å². The summed E-state index contributed by atoms with van der Waals surface area (Å²) in [6, 6.07) is 9.93. The summed E-state index contributed by atoms with van der Waals surface area (Å²) in [5, 5.41) is 3.85. The minimum atomic E-state index is 0.581. The number of aryl methyl sites for hydroxylation is 1. The lowest BCUT2D eigenvalue weighted by molar-refractivity contribution is 0.389. The van der Waals surface area contributed by atoms with E-state index in [0.29, 0.717) is 17.5 Å². The molecule has 0 amide bonds. The van der Waals surface area contributed by atoms with E-state index in [0.717, 1.165) is 15.7 Å². The zero-order valence-electron chi connectivity index (χ0n) is 10.1. The van der Waals surface area contributed by atoms with Gasteiger partial charge in [-0.1, -0.05) is 47.3 Å². The molecule has 0 spiro atoms. The topological polar surface area (TPSA) is 64.7 Å². The average molecular weight is 290 g/mol. The summed E-state index contributed by atoms with van der Waals surface area (Å²) in [7, 11) is 0. The van der Waals surface area contributed by atoms with Gasteiger partial charge < -0.3 is 4.52 Å². The Bertz CT molecular complexity index is 665. The van der Waals surface area contributed by atoms with Crippen LogP contribution in [0.5, 0.6) is 0 Å². The van der Waals surface area contributed by atoms with Crippen LogP contribution < -0.4 is 0 Å². The Hall–Kier alpha value is -1.73. The molecule has 0 atom stereocenters. The lowest BCUT2D eigenvalue weighted by Gasteiger charge is -1.92. The Morgan fingerprint density at radius 3 is 2.79 bits per heavy atom. The Morgan fingerprint density at radius 2 is 2.05 bits per heavy atom. The highest BCUT2D eigenvalue weighted by Gasteiger charge is 2.09. The van der Waals surface area contributed by atoms with Crippen molar-refractivity contribution in [2.24, 2.45) is 0 Å². The summed E-state index contributed by atoms with van der Waals surface area (Å²) in [6.07, 6.45) is 0. The molecule has 2 heterocycles. The van der Waals surface area contributed by atoms with Crippen LogP contribution in [0.2, 0.25) is 0 Å². The van der Waals surface area contributed by atoms with Crippen LogP contribution in [0.25, 0.3) is 11.4 Å². The van der Waals surface area contributed by atoms with Gasteiger partial charge >= 0.3 is 0 Å². The summed E-state index contributed by atoms with van der Waals surface area (Å²) in [5.74, 6) is 2.66. The van der Waals surface area contributed by atoms with Crippen molar-refractivity contribution in [2.75, 3.05) is 0 Å². The molecule has 7 heteroatoms. The molecule has 0 radical (unpaired) electrons. The first-order chi connectivity index (χ1) is 9.31. The second-order valence-corrected chi connectivity index (χ2v) is 5.74. The molecular formula is C12H10N4OS2. The van der Waals surface area contributed by atoms with E-state index in [9.17, 15) is 0 Å². The first-order valence-corrected chi connectivity index (χ1v) is 7.38. The van der Waals surface area contributed by atoms with Crippen molar-refractivity contribution in [1.29, 1.82) is 0 Å². The second kappa shape index (κ2) is 5.50. The number of nitrogens with zero attached hydrogens (tertiary/aromatic N) is 4. The van der Waals surface area contributed by atoms with Gasteiger partial charge in [0.25, 0.3) is 0 Å². The number of benzene rings is 1. The van der Waals surface area contributed by atoms with Crippen molar-refractivity contribution in [2.45, 2.75) is 17.0 Å². The summed E-state index contributed by atoms with van der Waals surface area (Å²) >= 11 is 2.95. The molecule has 0 aliphatic heterocycles. The molecule has 0 aliphatic rings. The molecule has 96 valence electrons. The van der Waals surface area contributed by atoms with Crippen LogP contribution in [0.15, 0.2) is 39.2 Å². The molecule has 5 nitrogen and oxygen atoms in total. The van der Waals surface area contributed by atoms with Crippen molar-refractivity contribution in [3.8, 4) is 11.4 Å². The SMILES string of the molecule is Cc1nc(CSc2nc(-c3ccccc3)ns2)no1. The highest BCUT2D eigenvalue weighted by molar-refractivity contribution is 8.00. The molecule has 0 saturated carbocycles. The molecule has 0 aliphatic carbocycles. The molecule has 19 heavy (non-hydrogen) atoms. The zero-order chi connectivity index (χ0) is 13.1. The van der Waals surface area contributed by atoms with Crippen LogP contribution in [-0.2, 0) is 5.75 Å². The van der Waals surface area contributed by atoms with Crippen molar-refractivity contribution in [1.82, 2.24) is 19.5 Å². The minimum absolute atomic E-state index is 0.581. The molecule has 0 fully saturated rings. The number of thioether (sulfide) groups is 1. The van der Waals surface area contributed by atoms with E-state index in [-0.39, 0.29) is 0 Å². The molecule has 3 rings (SSSR count). The van der Waals surface area contributed by atoms with Gasteiger partial charge in [-0.15, -0.1) is 0 Å². The largest absolute Gasteiger partial charge is 0.340 e. The summed E-state index contributed by atoms with van der Waals surface area (Å²) in [5.41, 5.74) is 1.03. The highest BCUT2D eigenvalue weighted by atomic mass is 32.2. The molecule has 0 N–H and O–H groups in total. The molecule has 0 bridgehead atoms. The van der Waals surface area contributed by atoms with Gasteiger partial charge in [0.05, 0.1) is 5.75 Å². The number of hydrogen-bond acceptors (Lipinski definition) is 7. The van der Waals surface area contributed by atoms with E-state index >= 15 is 0 Å². The Balaban J connectivity index is 1.68. The lowest BCUT2D eigenvalue weighted by Crippen LogP contribution is -1.84. The lowest BCUT2D eigenvalue weighted by atomic mass is 10.2. The third kappa shape index (κ3) is 2.99. The third-order valence-electron chi connectivity index (χ3n) is 2.33. The molecule has 2 aromatic heterocycles. The van der Waals surface area contributed by atoms with Crippen molar-refractivity contribution < 1.29 is 4.52 Å². The molecule has 0 unspecified atom stereocenters. The smallest absolute Gasteiger partial charge is 0.223 e. The second-order valence-electron chi connectivity index (χ2n) is 3.77. The third-order valence-corrected chi connectivity index (χ3v) is 4.16. The fraction of sp³-hybridized carbons (Fsp3) is 0.167. The van der Waals surface area contributed by atoms with E-state index in [4.69, 9.17) is 4.52 Å². The highest BCUT2D eigenvalue weighted by Crippen LogP contribution is 2.26. The number of hydrogen-bond donors (Lipinski definition) is 0. The van der Waals surface area contributed by atoms with Gasteiger partial charge in [0, 0.05) is 12.5 Å². The molecule has 3 aromatic rings. The predicted octanol–water partition coefficient (Wildman–Crippen LogP) is 3.19. The van der Waals surface area contributed by atoms with Crippen LogP contribution >= 0.6 is 23.3 Å². The van der Waals surface area contributed by atoms with Gasteiger partial charge in [0.2, 0.25) is 5.89 Å². The Morgan fingerprint density at radius 1 is 1.21 bits per heavy atom. The molecule has 1 aromatic carbocycles. The van der Waals surface area contributed by atoms with Gasteiger partial charge in [0.15, 0.2) is 16.0 Å². The van der Waals surface area contributed by atoms with Crippen LogP contribution in [-0.4, -0.2) is 19.5 Å². The fourth-order valence-electron chi connectivity index (χ4n) is 1.50. The fourth-order valence-corrected chi connectivity index (χ4v) is 2.96. The predicted molar refractivity (Wildman–Crippen MR) is 73.9 cm³/mol. The summed E-state index contributed by atoms with van der Waals surface area (Å²) in [6.45, 7) is 1.78. The first kappa shape index (κ1) is 12.3. The number of rotatable bonds is 4. The van der Waals surface area contributed by atoms with Crippen LogP contribution in [0, 0.1) is 6.92 Å². The monoisotopic (exact) mass is 290 g/mol. The van der Waals surface area contributed by atoms with Crippen molar-refractivity contribution in [3.63, 3.8) is 0 Å². The van der Waals surface area contributed by atoms with E-state index < -0.39 is 0 Å². The van der Waals surface area contributed by atoms with Gasteiger partial charge in [-0.3, -0.25) is 0 Å². The van der Waals surface area contributed by atoms with Crippen LogP contribution in [0.1, 0.15) is 11.7 Å². The van der Waals surface area contributed by atoms with Crippen LogP contribution in [0.3, 0.4) is 0 Å². The summed E-state index contributed by atoms with van der Waals surface area (Å²) < 4.78 is 10.2. The van der Waals surface area contributed by atoms with E-state index in [1.165, 1.54) is 11.5 Å². The summed E-state index contributed by atoms with van der Waals surface area (Å²) in [4.78, 5) is 8.64. The first-order valence-electron chi connectivity index (χ1n) is 5.62. The molecule has 0 saturated heterocycles. The normalized spacial score (nSPS) is 10.8. The van der Waals surface area contributed by atoms with Crippen molar-refractivity contribution >= 4 is 23.3 Å². The maximum atomic E-state index is 4.92. The van der Waals surface area contributed by atoms with Gasteiger partial charge in [-0.25, -0.2) is 4.98 Å². The van der Waals surface area contributed by atoms with Crippen molar-refractivity contribution in [3.05, 3.63) is 42.0 Å². The van der Waals surface area contributed by atoms with Gasteiger partial charge in [-0.05, 0) is 11.5 Å². The maximum absolute atomic E-state index is 4.92. The minimum Gasteiger partial charge on any atom is -0.340 e. The maximum Gasteiger partial charge on any atom is 0.223 e. The van der Waals surface area contributed by atoms with Crippen LogP contribution in [0.4, 0.5) is 0 Å². The van der Waals surface area contributed by atoms with Gasteiger partial charge in [0.1, 0.15) is 0 Å². The van der Waals surface area contributed by atoms with Gasteiger partial charge in [-0.2, -0.15) is 9.36 Å². The van der Waals surface area contributed by atoms with E-state index in [2.05, 4.69) is 19.5 Å². The van der Waals surface area contributed by atoms with E-state index in [1.54, 1.807) is 18.7 Å². The Kier molecular flexibility index (Phi) is 3.56.